The number of hydrogen-bond donors (Lipinski definition) is 1. The Kier molecular flexibility index (Phi) is 5.59. The molecule has 6 nitrogen and oxygen atoms in total. The summed E-state index contributed by atoms with van der Waals surface area (Å²) >= 11 is 0. The van der Waals surface area contributed by atoms with Gasteiger partial charge < -0.3 is 10.5 Å². The van der Waals surface area contributed by atoms with Crippen LogP contribution in [0.3, 0.4) is 0 Å². The maximum Gasteiger partial charge on any atom is 0.342 e. The minimum absolute atomic E-state index is 0.295. The second-order valence-electron chi connectivity index (χ2n) is 6.89. The number of rotatable bonds is 6. The lowest BCUT2D eigenvalue weighted by Crippen LogP contribution is -2.30. The number of carbonyl (C=O) groups is 2. The number of nitrogens with zero attached hydrogens (tertiary/aromatic N) is 2. The highest BCUT2D eigenvalue weighted by atomic mass is 16.5. The summed E-state index contributed by atoms with van der Waals surface area (Å²) in [7, 11) is 0. The van der Waals surface area contributed by atoms with Gasteiger partial charge in [-0.2, -0.15) is 5.10 Å². The molecular formula is C22H23N3O3. The fourth-order valence-electron chi connectivity index (χ4n) is 2.74. The summed E-state index contributed by atoms with van der Waals surface area (Å²) < 4.78 is 6.90. The molecule has 144 valence electrons. The van der Waals surface area contributed by atoms with Gasteiger partial charge in [-0.25, -0.2) is 4.79 Å². The van der Waals surface area contributed by atoms with Gasteiger partial charge in [0.05, 0.1) is 6.54 Å². The van der Waals surface area contributed by atoms with Crippen molar-refractivity contribution in [2.24, 2.45) is 5.73 Å². The number of amides is 1. The highest BCUT2D eigenvalue weighted by Crippen LogP contribution is 2.24. The molecule has 1 amide bonds. The second kappa shape index (κ2) is 8.08. The maximum absolute atomic E-state index is 12.6. The largest absolute Gasteiger partial charge is 0.449 e. The monoisotopic (exact) mass is 377 g/mol. The van der Waals surface area contributed by atoms with E-state index in [1.807, 2.05) is 62.4 Å². The van der Waals surface area contributed by atoms with Crippen molar-refractivity contribution in [2.75, 3.05) is 0 Å². The third-order valence-corrected chi connectivity index (χ3v) is 4.46. The van der Waals surface area contributed by atoms with Gasteiger partial charge in [-0.1, -0.05) is 59.7 Å². The fraction of sp³-hybridized carbons (Fsp3) is 0.227. The van der Waals surface area contributed by atoms with E-state index in [-0.39, 0.29) is 0 Å². The Hall–Kier alpha value is -3.41. The Morgan fingerprint density at radius 2 is 1.61 bits per heavy atom. The van der Waals surface area contributed by atoms with E-state index < -0.39 is 18.0 Å². The van der Waals surface area contributed by atoms with Crippen LogP contribution in [0.15, 0.2) is 54.7 Å². The quantitative estimate of drug-likeness (QED) is 0.668. The molecule has 0 spiro atoms. The van der Waals surface area contributed by atoms with Crippen molar-refractivity contribution in [3.63, 3.8) is 0 Å². The molecule has 0 saturated heterocycles. The Balaban J connectivity index is 1.96. The number of aromatic nitrogens is 2. The van der Waals surface area contributed by atoms with Crippen LogP contribution in [0.4, 0.5) is 0 Å². The lowest BCUT2D eigenvalue weighted by atomic mass is 10.1. The highest BCUT2D eigenvalue weighted by Gasteiger charge is 2.23. The minimum Gasteiger partial charge on any atom is -0.449 e. The number of benzene rings is 2. The predicted molar refractivity (Wildman–Crippen MR) is 107 cm³/mol. The van der Waals surface area contributed by atoms with Crippen LogP contribution in [0, 0.1) is 13.8 Å². The standard InChI is InChI=1S/C22H23N3O3/c1-14-4-8-17(9-5-14)12-25-13-19(22(27)28-16(3)21(23)26)20(24-25)18-10-6-15(2)7-11-18/h4-11,13,16H,12H2,1-3H3,(H2,23,26)/t16-/m1/s1. The van der Waals surface area contributed by atoms with Gasteiger partial charge >= 0.3 is 5.97 Å². The van der Waals surface area contributed by atoms with Crippen molar-refractivity contribution in [3.8, 4) is 11.3 Å². The van der Waals surface area contributed by atoms with Crippen LogP contribution < -0.4 is 5.73 Å². The van der Waals surface area contributed by atoms with Gasteiger partial charge in [-0.15, -0.1) is 0 Å². The van der Waals surface area contributed by atoms with E-state index in [2.05, 4.69) is 5.10 Å². The molecule has 0 aliphatic heterocycles. The molecule has 1 atom stereocenters. The molecule has 0 unspecified atom stereocenters. The van der Waals surface area contributed by atoms with Crippen molar-refractivity contribution in [1.29, 1.82) is 0 Å². The third kappa shape index (κ3) is 4.46. The molecule has 0 radical (unpaired) electrons. The van der Waals surface area contributed by atoms with Crippen molar-refractivity contribution >= 4 is 11.9 Å². The van der Waals surface area contributed by atoms with Crippen molar-refractivity contribution in [1.82, 2.24) is 9.78 Å². The lowest BCUT2D eigenvalue weighted by Gasteiger charge is -2.09. The van der Waals surface area contributed by atoms with E-state index in [9.17, 15) is 9.59 Å². The Morgan fingerprint density at radius 1 is 1.04 bits per heavy atom. The van der Waals surface area contributed by atoms with E-state index in [0.29, 0.717) is 17.8 Å². The fourth-order valence-corrected chi connectivity index (χ4v) is 2.74. The van der Waals surface area contributed by atoms with Gasteiger partial charge in [0, 0.05) is 11.8 Å². The average molecular weight is 377 g/mol. The highest BCUT2D eigenvalue weighted by molar-refractivity contribution is 5.97. The van der Waals surface area contributed by atoms with Crippen molar-refractivity contribution in [3.05, 3.63) is 77.0 Å². The maximum atomic E-state index is 12.6. The summed E-state index contributed by atoms with van der Waals surface area (Å²) in [6.07, 6.45) is 0.629. The smallest absolute Gasteiger partial charge is 0.342 e. The number of esters is 1. The average Bonchev–Trinajstić information content (AvgIpc) is 3.08. The molecule has 3 rings (SSSR count). The van der Waals surface area contributed by atoms with Crippen LogP contribution in [0.25, 0.3) is 11.3 Å². The molecule has 0 bridgehead atoms. The second-order valence-corrected chi connectivity index (χ2v) is 6.89. The van der Waals surface area contributed by atoms with Gasteiger partial charge in [0.2, 0.25) is 0 Å². The number of primary amides is 1. The predicted octanol–water partition coefficient (Wildman–Crippen LogP) is 3.25. The SMILES string of the molecule is Cc1ccc(Cn2cc(C(=O)O[C@H](C)C(N)=O)c(-c3ccc(C)cc3)n2)cc1. The molecule has 1 aromatic heterocycles. The van der Waals surface area contributed by atoms with Crippen LogP contribution in [0.5, 0.6) is 0 Å². The summed E-state index contributed by atoms with van der Waals surface area (Å²) in [6, 6.07) is 15.8. The molecule has 0 aliphatic rings. The summed E-state index contributed by atoms with van der Waals surface area (Å²) in [5.74, 6) is -1.32. The van der Waals surface area contributed by atoms with E-state index in [1.165, 1.54) is 12.5 Å². The van der Waals surface area contributed by atoms with Crippen LogP contribution in [-0.4, -0.2) is 27.8 Å². The van der Waals surface area contributed by atoms with Crippen molar-refractivity contribution < 1.29 is 14.3 Å². The van der Waals surface area contributed by atoms with Crippen LogP contribution in [0.2, 0.25) is 0 Å². The Morgan fingerprint density at radius 3 is 2.18 bits per heavy atom. The topological polar surface area (TPSA) is 87.2 Å². The van der Waals surface area contributed by atoms with Gasteiger partial charge in [0.15, 0.2) is 6.10 Å². The number of hydrogen-bond acceptors (Lipinski definition) is 4. The molecule has 0 aliphatic carbocycles. The van der Waals surface area contributed by atoms with Gasteiger partial charge in [0.1, 0.15) is 11.3 Å². The first-order valence-electron chi connectivity index (χ1n) is 9.04. The Labute approximate surface area is 163 Å². The van der Waals surface area contributed by atoms with Gasteiger partial charge in [-0.3, -0.25) is 9.48 Å². The number of aryl methyl sites for hydroxylation is 2. The Bertz CT molecular complexity index is 989. The van der Waals surface area contributed by atoms with E-state index in [0.717, 1.165) is 16.7 Å². The number of carbonyl (C=O) groups excluding carboxylic acids is 2. The minimum atomic E-state index is -1.01. The van der Waals surface area contributed by atoms with E-state index in [4.69, 9.17) is 10.5 Å². The third-order valence-electron chi connectivity index (χ3n) is 4.46. The van der Waals surface area contributed by atoms with Gasteiger partial charge in [0.25, 0.3) is 5.91 Å². The normalized spacial score (nSPS) is 11.8. The zero-order chi connectivity index (χ0) is 20.3. The summed E-state index contributed by atoms with van der Waals surface area (Å²) in [4.78, 5) is 23.9. The molecular weight excluding hydrogens is 354 g/mol. The molecule has 0 fully saturated rings. The molecule has 0 saturated carbocycles. The van der Waals surface area contributed by atoms with Crippen molar-refractivity contribution in [2.45, 2.75) is 33.4 Å². The van der Waals surface area contributed by atoms with E-state index >= 15 is 0 Å². The first kappa shape index (κ1) is 19.4. The number of nitrogens with two attached hydrogens (primary N) is 1. The molecule has 2 N–H and O–H groups in total. The molecule has 1 heterocycles. The summed E-state index contributed by atoms with van der Waals surface area (Å²) in [6.45, 7) is 5.98. The van der Waals surface area contributed by atoms with Crippen LogP contribution >= 0.6 is 0 Å². The summed E-state index contributed by atoms with van der Waals surface area (Å²) in [5.41, 5.74) is 10.2. The lowest BCUT2D eigenvalue weighted by molar-refractivity contribution is -0.125. The molecule has 6 heteroatoms. The zero-order valence-electron chi connectivity index (χ0n) is 16.2. The first-order valence-corrected chi connectivity index (χ1v) is 9.04. The number of ether oxygens (including phenoxy) is 1. The molecule has 3 aromatic rings. The van der Waals surface area contributed by atoms with E-state index in [1.54, 1.807) is 10.9 Å². The summed E-state index contributed by atoms with van der Waals surface area (Å²) in [5, 5.41) is 4.60. The molecule has 28 heavy (non-hydrogen) atoms. The van der Waals surface area contributed by atoms with Crippen LogP contribution in [0.1, 0.15) is 34.0 Å². The zero-order valence-corrected chi connectivity index (χ0v) is 16.2. The molecule has 2 aromatic carbocycles. The van der Waals surface area contributed by atoms with Crippen LogP contribution in [-0.2, 0) is 16.1 Å². The first-order chi connectivity index (χ1) is 13.3. The van der Waals surface area contributed by atoms with Gasteiger partial charge in [-0.05, 0) is 26.3 Å².